The van der Waals surface area contributed by atoms with Crippen molar-refractivity contribution in [1.82, 2.24) is 9.29 Å². The number of benzene rings is 1. The molecule has 0 fully saturated rings. The van der Waals surface area contributed by atoms with E-state index in [-0.39, 0.29) is 4.90 Å². The molecule has 0 bridgehead atoms. The molecule has 0 unspecified atom stereocenters. The summed E-state index contributed by atoms with van der Waals surface area (Å²) in [5.41, 5.74) is 0. The van der Waals surface area contributed by atoms with Crippen LogP contribution < -0.4 is 0 Å². The Balaban J connectivity index is 2.08. The molecule has 2 aromatic rings. The summed E-state index contributed by atoms with van der Waals surface area (Å²) in [5.74, 6) is -0.454. The molecule has 0 atom stereocenters. The van der Waals surface area contributed by atoms with Gasteiger partial charge in [0.1, 0.15) is 5.82 Å². The monoisotopic (exact) mass is 300 g/mol. The highest BCUT2D eigenvalue weighted by Crippen LogP contribution is 2.15. The van der Waals surface area contributed by atoms with Gasteiger partial charge >= 0.3 is 0 Å². The highest BCUT2D eigenvalue weighted by Gasteiger charge is 2.20. The van der Waals surface area contributed by atoms with Crippen LogP contribution in [-0.4, -0.2) is 31.3 Å². The summed E-state index contributed by atoms with van der Waals surface area (Å²) in [6.07, 6.45) is 2.25. The van der Waals surface area contributed by atoms with Gasteiger partial charge in [-0.3, -0.25) is 0 Å². The molecule has 0 aliphatic carbocycles. The Bertz CT molecular complexity index is 624. The van der Waals surface area contributed by atoms with Crippen LogP contribution in [0.15, 0.2) is 40.7 Å². The number of likely N-dealkylation sites (N-methyl/N-ethyl adjacent to an activating group) is 1. The van der Waals surface area contributed by atoms with Gasteiger partial charge in [-0.1, -0.05) is 0 Å². The van der Waals surface area contributed by atoms with E-state index in [1.807, 2.05) is 5.38 Å². The molecule has 0 aliphatic rings. The third-order valence-corrected chi connectivity index (χ3v) is 5.36. The highest BCUT2D eigenvalue weighted by molar-refractivity contribution is 7.89. The van der Waals surface area contributed by atoms with Gasteiger partial charge in [-0.15, -0.1) is 11.3 Å². The first kappa shape index (κ1) is 14.1. The third kappa shape index (κ3) is 3.37. The lowest BCUT2D eigenvalue weighted by Gasteiger charge is -2.16. The van der Waals surface area contributed by atoms with E-state index in [0.29, 0.717) is 13.0 Å². The van der Waals surface area contributed by atoms with E-state index in [0.717, 1.165) is 17.1 Å². The first-order chi connectivity index (χ1) is 9.00. The van der Waals surface area contributed by atoms with Crippen molar-refractivity contribution in [3.8, 4) is 0 Å². The molecule has 102 valence electrons. The first-order valence-electron chi connectivity index (χ1n) is 5.60. The van der Waals surface area contributed by atoms with E-state index >= 15 is 0 Å². The number of sulfonamides is 1. The summed E-state index contributed by atoms with van der Waals surface area (Å²) in [5, 5.41) is 2.74. The van der Waals surface area contributed by atoms with Gasteiger partial charge in [-0.05, 0) is 24.3 Å². The lowest BCUT2D eigenvalue weighted by molar-refractivity contribution is 0.472. The van der Waals surface area contributed by atoms with Crippen molar-refractivity contribution in [3.05, 3.63) is 46.7 Å². The van der Waals surface area contributed by atoms with Crippen LogP contribution >= 0.6 is 11.3 Å². The molecule has 0 amide bonds. The Labute approximate surface area is 115 Å². The summed E-state index contributed by atoms with van der Waals surface area (Å²) in [4.78, 5) is 4.20. The van der Waals surface area contributed by atoms with Gasteiger partial charge in [-0.25, -0.2) is 22.1 Å². The Hall–Kier alpha value is -1.31. The van der Waals surface area contributed by atoms with E-state index in [9.17, 15) is 12.8 Å². The zero-order chi connectivity index (χ0) is 13.9. The number of nitrogens with zero attached hydrogens (tertiary/aromatic N) is 2. The fourth-order valence-electron chi connectivity index (χ4n) is 1.54. The van der Waals surface area contributed by atoms with Gasteiger partial charge < -0.3 is 0 Å². The molecular formula is C12H13FN2O2S2. The van der Waals surface area contributed by atoms with E-state index in [1.165, 1.54) is 34.8 Å². The summed E-state index contributed by atoms with van der Waals surface area (Å²) >= 11 is 1.49. The van der Waals surface area contributed by atoms with Crippen LogP contribution in [0.2, 0.25) is 0 Å². The number of hydrogen-bond acceptors (Lipinski definition) is 4. The molecule has 0 aliphatic heterocycles. The number of halogens is 1. The largest absolute Gasteiger partial charge is 0.250 e. The molecule has 0 spiro atoms. The van der Waals surface area contributed by atoms with Crippen LogP contribution in [0.25, 0.3) is 0 Å². The summed E-state index contributed by atoms with van der Waals surface area (Å²) in [7, 11) is -2.06. The fourth-order valence-corrected chi connectivity index (χ4v) is 3.32. The van der Waals surface area contributed by atoms with Gasteiger partial charge in [0.25, 0.3) is 0 Å². The molecule has 19 heavy (non-hydrogen) atoms. The van der Waals surface area contributed by atoms with Crippen LogP contribution in [0.4, 0.5) is 4.39 Å². The predicted octanol–water partition coefficient (Wildman–Crippen LogP) is 2.15. The van der Waals surface area contributed by atoms with Crippen molar-refractivity contribution in [3.63, 3.8) is 0 Å². The van der Waals surface area contributed by atoms with Crippen LogP contribution in [0, 0.1) is 5.82 Å². The topological polar surface area (TPSA) is 50.3 Å². The summed E-state index contributed by atoms with van der Waals surface area (Å²) < 4.78 is 38.4. The van der Waals surface area contributed by atoms with Crippen molar-refractivity contribution in [2.24, 2.45) is 0 Å². The second kappa shape index (κ2) is 5.77. The van der Waals surface area contributed by atoms with E-state index in [2.05, 4.69) is 4.98 Å². The lowest BCUT2D eigenvalue weighted by Crippen LogP contribution is -2.29. The van der Waals surface area contributed by atoms with Gasteiger partial charge in [0.05, 0.1) is 9.90 Å². The Morgan fingerprint density at radius 3 is 2.58 bits per heavy atom. The van der Waals surface area contributed by atoms with E-state index in [1.54, 1.807) is 6.20 Å². The maximum atomic E-state index is 12.8. The molecule has 4 nitrogen and oxygen atoms in total. The standard InChI is InChI=1S/C12H13FN2O2S2/c1-15(8-6-12-14-7-9-18-12)19(16,17)11-4-2-10(13)3-5-11/h2-5,7,9H,6,8H2,1H3. The Morgan fingerprint density at radius 2 is 2.00 bits per heavy atom. The predicted molar refractivity (Wildman–Crippen MR) is 72.0 cm³/mol. The molecule has 0 saturated carbocycles. The molecule has 1 aromatic heterocycles. The van der Waals surface area contributed by atoms with Gasteiger partial charge in [0.15, 0.2) is 0 Å². The van der Waals surface area contributed by atoms with Gasteiger partial charge in [0.2, 0.25) is 10.0 Å². The fraction of sp³-hybridized carbons (Fsp3) is 0.250. The second-order valence-corrected chi connectivity index (χ2v) is 6.98. The van der Waals surface area contributed by atoms with Crippen LogP contribution in [0.3, 0.4) is 0 Å². The molecule has 7 heteroatoms. The average Bonchev–Trinajstić information content (AvgIpc) is 2.89. The lowest BCUT2D eigenvalue weighted by atomic mass is 10.4. The zero-order valence-electron chi connectivity index (χ0n) is 10.3. The second-order valence-electron chi connectivity index (χ2n) is 3.96. The SMILES string of the molecule is CN(CCc1nccs1)S(=O)(=O)c1ccc(F)cc1. The first-order valence-corrected chi connectivity index (χ1v) is 7.92. The van der Waals surface area contributed by atoms with Crippen molar-refractivity contribution in [1.29, 1.82) is 0 Å². The highest BCUT2D eigenvalue weighted by atomic mass is 32.2. The van der Waals surface area contributed by atoms with Crippen molar-refractivity contribution in [2.45, 2.75) is 11.3 Å². The maximum Gasteiger partial charge on any atom is 0.242 e. The zero-order valence-corrected chi connectivity index (χ0v) is 11.9. The number of rotatable bonds is 5. The average molecular weight is 300 g/mol. The molecular weight excluding hydrogens is 287 g/mol. The normalized spacial score (nSPS) is 11.9. The minimum atomic E-state index is -3.57. The van der Waals surface area contributed by atoms with Crippen molar-refractivity contribution >= 4 is 21.4 Å². The van der Waals surface area contributed by atoms with Gasteiger partial charge in [-0.2, -0.15) is 0 Å². The van der Waals surface area contributed by atoms with Crippen molar-refractivity contribution < 1.29 is 12.8 Å². The molecule has 2 rings (SSSR count). The van der Waals surface area contributed by atoms with Gasteiger partial charge in [0, 0.05) is 31.6 Å². The quantitative estimate of drug-likeness (QED) is 0.850. The number of hydrogen-bond donors (Lipinski definition) is 0. The smallest absolute Gasteiger partial charge is 0.242 e. The van der Waals surface area contributed by atoms with E-state index < -0.39 is 15.8 Å². The Morgan fingerprint density at radius 1 is 1.32 bits per heavy atom. The minimum Gasteiger partial charge on any atom is -0.250 e. The third-order valence-electron chi connectivity index (χ3n) is 2.65. The van der Waals surface area contributed by atoms with E-state index in [4.69, 9.17) is 0 Å². The molecule has 0 saturated heterocycles. The van der Waals surface area contributed by atoms with Crippen LogP contribution in [-0.2, 0) is 16.4 Å². The maximum absolute atomic E-state index is 12.8. The Kier molecular flexibility index (Phi) is 4.28. The minimum absolute atomic E-state index is 0.0931. The molecule has 0 radical (unpaired) electrons. The molecule has 0 N–H and O–H groups in total. The summed E-state index contributed by atoms with van der Waals surface area (Å²) in [6.45, 7) is 0.340. The summed E-state index contributed by atoms with van der Waals surface area (Å²) in [6, 6.07) is 4.82. The molecule has 1 heterocycles. The van der Waals surface area contributed by atoms with Crippen LogP contribution in [0.5, 0.6) is 0 Å². The molecule has 1 aromatic carbocycles. The van der Waals surface area contributed by atoms with Crippen molar-refractivity contribution in [2.75, 3.05) is 13.6 Å². The number of thiazole rings is 1. The number of aromatic nitrogens is 1. The van der Waals surface area contributed by atoms with Crippen LogP contribution in [0.1, 0.15) is 5.01 Å².